The first kappa shape index (κ1) is 10.3. The van der Waals surface area contributed by atoms with Crippen LogP contribution >= 0.6 is 11.8 Å². The second kappa shape index (κ2) is 3.86. The van der Waals surface area contributed by atoms with Crippen LogP contribution in [0.5, 0.6) is 11.5 Å². The van der Waals surface area contributed by atoms with Gasteiger partial charge in [0.1, 0.15) is 0 Å². The van der Waals surface area contributed by atoms with E-state index in [2.05, 4.69) is 24.3 Å². The molecule has 2 heterocycles. The van der Waals surface area contributed by atoms with E-state index < -0.39 is 0 Å². The predicted octanol–water partition coefficient (Wildman–Crippen LogP) is 2.13. The maximum Gasteiger partial charge on any atom is 0.231 e. The number of ether oxygens (including phenoxy) is 2. The molecule has 1 aromatic carbocycles. The first-order valence-electron chi connectivity index (χ1n) is 5.46. The molecule has 0 saturated heterocycles. The molecule has 0 aromatic heterocycles. The lowest BCUT2D eigenvalue weighted by atomic mass is 9.99. The normalized spacial score (nSPS) is 18.6. The first-order valence-corrected chi connectivity index (χ1v) is 6.69. The zero-order valence-corrected chi connectivity index (χ0v) is 10.4. The standard InChI is InChI=1S/C12H15NO2S/c1-13-4-3-8-5-10-11(15-7-14-10)12(16-2)9(8)6-13/h5H,3-4,6-7H2,1-2H3. The summed E-state index contributed by atoms with van der Waals surface area (Å²) in [5.74, 6) is 1.87. The van der Waals surface area contributed by atoms with Crippen molar-refractivity contribution >= 4 is 11.8 Å². The molecule has 4 heteroatoms. The van der Waals surface area contributed by atoms with Crippen LogP contribution in [-0.4, -0.2) is 31.5 Å². The molecule has 86 valence electrons. The Kier molecular flexibility index (Phi) is 2.48. The Balaban J connectivity index is 2.16. The molecule has 1 aromatic rings. The van der Waals surface area contributed by atoms with Crippen molar-refractivity contribution in [3.63, 3.8) is 0 Å². The summed E-state index contributed by atoms with van der Waals surface area (Å²) in [4.78, 5) is 3.61. The Hall–Kier alpha value is -0.870. The van der Waals surface area contributed by atoms with Crippen molar-refractivity contribution in [1.29, 1.82) is 0 Å². The lowest BCUT2D eigenvalue weighted by Gasteiger charge is -2.27. The highest BCUT2D eigenvalue weighted by molar-refractivity contribution is 7.98. The third-order valence-electron chi connectivity index (χ3n) is 3.21. The predicted molar refractivity (Wildman–Crippen MR) is 64.4 cm³/mol. The molecule has 0 bridgehead atoms. The van der Waals surface area contributed by atoms with Crippen LogP contribution < -0.4 is 9.47 Å². The van der Waals surface area contributed by atoms with Crippen LogP contribution in [0.25, 0.3) is 0 Å². The zero-order chi connectivity index (χ0) is 11.1. The second-order valence-electron chi connectivity index (χ2n) is 4.27. The van der Waals surface area contributed by atoms with Crippen LogP contribution in [0.1, 0.15) is 11.1 Å². The van der Waals surface area contributed by atoms with E-state index in [1.807, 2.05) is 0 Å². The third kappa shape index (κ3) is 1.48. The number of rotatable bonds is 1. The number of benzene rings is 1. The average molecular weight is 237 g/mol. The molecule has 0 radical (unpaired) electrons. The highest BCUT2D eigenvalue weighted by Gasteiger charge is 2.26. The summed E-state index contributed by atoms with van der Waals surface area (Å²) in [5.41, 5.74) is 2.84. The summed E-state index contributed by atoms with van der Waals surface area (Å²) in [6.45, 7) is 2.50. The smallest absolute Gasteiger partial charge is 0.231 e. The SMILES string of the molecule is CSc1c2c(cc3c1OCO3)CCN(C)C2. The molecule has 3 nitrogen and oxygen atoms in total. The number of fused-ring (bicyclic) bond motifs is 2. The van der Waals surface area contributed by atoms with Crippen LogP contribution in [-0.2, 0) is 13.0 Å². The summed E-state index contributed by atoms with van der Waals surface area (Å²) in [6, 6.07) is 2.16. The molecule has 0 fully saturated rings. The first-order chi connectivity index (χ1) is 7.79. The number of hydrogen-bond donors (Lipinski definition) is 0. The van der Waals surface area contributed by atoms with Crippen LogP contribution in [0.3, 0.4) is 0 Å². The molecule has 0 spiro atoms. The number of thioether (sulfide) groups is 1. The van der Waals surface area contributed by atoms with Gasteiger partial charge in [-0.2, -0.15) is 0 Å². The molecule has 0 N–H and O–H groups in total. The summed E-state index contributed by atoms with van der Waals surface area (Å²) in [6.07, 6.45) is 3.21. The highest BCUT2D eigenvalue weighted by atomic mass is 32.2. The second-order valence-corrected chi connectivity index (χ2v) is 5.09. The van der Waals surface area contributed by atoms with E-state index in [9.17, 15) is 0 Å². The number of nitrogens with zero attached hydrogens (tertiary/aromatic N) is 1. The quantitative estimate of drug-likeness (QED) is 0.697. The fourth-order valence-corrected chi connectivity index (χ4v) is 3.16. The zero-order valence-electron chi connectivity index (χ0n) is 9.58. The lowest BCUT2D eigenvalue weighted by Crippen LogP contribution is -2.27. The van der Waals surface area contributed by atoms with E-state index in [0.29, 0.717) is 6.79 Å². The summed E-state index contributed by atoms with van der Waals surface area (Å²) < 4.78 is 11.0. The fraction of sp³-hybridized carbons (Fsp3) is 0.500. The molecule has 0 amide bonds. The Morgan fingerprint density at radius 1 is 1.38 bits per heavy atom. The molecule has 0 unspecified atom stereocenters. The fourth-order valence-electron chi connectivity index (χ4n) is 2.37. The Bertz CT molecular complexity index is 434. The van der Waals surface area contributed by atoms with E-state index in [4.69, 9.17) is 9.47 Å². The molecule has 2 aliphatic rings. The van der Waals surface area contributed by atoms with Gasteiger partial charge < -0.3 is 14.4 Å². The molecule has 16 heavy (non-hydrogen) atoms. The van der Waals surface area contributed by atoms with Gasteiger partial charge in [0.25, 0.3) is 0 Å². The van der Waals surface area contributed by atoms with E-state index in [-0.39, 0.29) is 0 Å². The van der Waals surface area contributed by atoms with Crippen molar-refractivity contribution < 1.29 is 9.47 Å². The summed E-state index contributed by atoms with van der Waals surface area (Å²) in [7, 11) is 2.16. The van der Waals surface area contributed by atoms with E-state index >= 15 is 0 Å². The Labute approximate surface area is 99.7 Å². The van der Waals surface area contributed by atoms with Crippen molar-refractivity contribution in [2.45, 2.75) is 17.9 Å². The largest absolute Gasteiger partial charge is 0.454 e. The van der Waals surface area contributed by atoms with Crippen molar-refractivity contribution in [1.82, 2.24) is 4.90 Å². The molecule has 0 atom stereocenters. The topological polar surface area (TPSA) is 21.7 Å². The Morgan fingerprint density at radius 3 is 3.06 bits per heavy atom. The van der Waals surface area contributed by atoms with Crippen molar-refractivity contribution in [2.24, 2.45) is 0 Å². The minimum absolute atomic E-state index is 0.363. The third-order valence-corrected chi connectivity index (χ3v) is 4.05. The molecular formula is C12H15NO2S. The van der Waals surface area contributed by atoms with Crippen molar-refractivity contribution in [3.8, 4) is 11.5 Å². The van der Waals surface area contributed by atoms with E-state index in [0.717, 1.165) is 31.0 Å². The number of hydrogen-bond acceptors (Lipinski definition) is 4. The molecule has 0 saturated carbocycles. The van der Waals surface area contributed by atoms with Gasteiger partial charge in [-0.15, -0.1) is 11.8 Å². The van der Waals surface area contributed by atoms with Gasteiger partial charge in [0.2, 0.25) is 6.79 Å². The molecular weight excluding hydrogens is 222 g/mol. The maximum atomic E-state index is 5.56. The minimum Gasteiger partial charge on any atom is -0.454 e. The summed E-state index contributed by atoms with van der Waals surface area (Å²) >= 11 is 1.76. The van der Waals surface area contributed by atoms with Crippen LogP contribution in [0, 0.1) is 0 Å². The van der Waals surface area contributed by atoms with E-state index in [1.165, 1.54) is 16.0 Å². The van der Waals surface area contributed by atoms with E-state index in [1.54, 1.807) is 11.8 Å². The van der Waals surface area contributed by atoms with Gasteiger partial charge in [0, 0.05) is 13.1 Å². The minimum atomic E-state index is 0.363. The van der Waals surface area contributed by atoms with Gasteiger partial charge in [-0.05, 0) is 36.9 Å². The number of likely N-dealkylation sites (N-methyl/N-ethyl adjacent to an activating group) is 1. The van der Waals surface area contributed by atoms with Crippen LogP contribution in [0.15, 0.2) is 11.0 Å². The van der Waals surface area contributed by atoms with Gasteiger partial charge in [0.05, 0.1) is 4.90 Å². The van der Waals surface area contributed by atoms with Gasteiger partial charge in [0.15, 0.2) is 11.5 Å². The maximum absolute atomic E-state index is 5.56. The van der Waals surface area contributed by atoms with Crippen LogP contribution in [0.4, 0.5) is 0 Å². The molecule has 3 rings (SSSR count). The lowest BCUT2D eigenvalue weighted by molar-refractivity contribution is 0.172. The average Bonchev–Trinajstić information content (AvgIpc) is 2.73. The van der Waals surface area contributed by atoms with Crippen molar-refractivity contribution in [3.05, 3.63) is 17.2 Å². The molecule has 0 aliphatic carbocycles. The Morgan fingerprint density at radius 2 is 2.25 bits per heavy atom. The van der Waals surface area contributed by atoms with Crippen LogP contribution in [0.2, 0.25) is 0 Å². The van der Waals surface area contributed by atoms with Gasteiger partial charge in [-0.3, -0.25) is 0 Å². The highest BCUT2D eigenvalue weighted by Crippen LogP contribution is 2.45. The van der Waals surface area contributed by atoms with Gasteiger partial charge in [-0.25, -0.2) is 0 Å². The molecule has 2 aliphatic heterocycles. The summed E-state index contributed by atoms with van der Waals surface area (Å²) in [5, 5.41) is 0. The van der Waals surface area contributed by atoms with Gasteiger partial charge in [-0.1, -0.05) is 0 Å². The van der Waals surface area contributed by atoms with Gasteiger partial charge >= 0.3 is 0 Å². The van der Waals surface area contributed by atoms with Crippen molar-refractivity contribution in [2.75, 3.05) is 26.6 Å². The monoisotopic (exact) mass is 237 g/mol.